The van der Waals surface area contributed by atoms with E-state index in [1.54, 1.807) is 50.2 Å². The van der Waals surface area contributed by atoms with E-state index in [1.807, 2.05) is 28.8 Å². The van der Waals surface area contributed by atoms with Crippen LogP contribution in [-0.4, -0.2) is 40.1 Å². The average molecular weight is 427 g/mol. The minimum atomic E-state index is -0.182. The first kappa shape index (κ1) is 21.7. The van der Waals surface area contributed by atoms with Crippen LogP contribution in [0.4, 0.5) is 0 Å². The van der Waals surface area contributed by atoms with Crippen LogP contribution in [-0.2, 0) is 6.54 Å². The largest absolute Gasteiger partial charge is 0.497 e. The number of hydrogen-bond acceptors (Lipinski definition) is 6. The van der Waals surface area contributed by atoms with Crippen molar-refractivity contribution in [1.82, 2.24) is 20.1 Å². The van der Waals surface area contributed by atoms with Gasteiger partial charge in [-0.25, -0.2) is 0 Å². The predicted molar refractivity (Wildman–Crippen MR) is 118 cm³/mol. The van der Waals surface area contributed by atoms with Gasteiger partial charge >= 0.3 is 0 Å². The molecule has 0 radical (unpaired) electrons. The maximum atomic E-state index is 12.5. The molecule has 0 aliphatic rings. The van der Waals surface area contributed by atoms with Crippen LogP contribution in [0, 0.1) is 0 Å². The van der Waals surface area contributed by atoms with Crippen LogP contribution in [0.15, 0.2) is 53.7 Å². The molecule has 30 heavy (non-hydrogen) atoms. The van der Waals surface area contributed by atoms with E-state index in [0.717, 1.165) is 23.0 Å². The lowest BCUT2D eigenvalue weighted by atomic mass is 10.2. The van der Waals surface area contributed by atoms with Crippen LogP contribution in [0.25, 0.3) is 5.69 Å². The summed E-state index contributed by atoms with van der Waals surface area (Å²) in [5.41, 5.74) is 1.47. The first-order valence-corrected chi connectivity index (χ1v) is 10.6. The van der Waals surface area contributed by atoms with Crippen molar-refractivity contribution in [2.24, 2.45) is 0 Å². The fourth-order valence-electron chi connectivity index (χ4n) is 2.75. The van der Waals surface area contributed by atoms with Crippen molar-refractivity contribution < 1.29 is 14.3 Å². The summed E-state index contributed by atoms with van der Waals surface area (Å²) >= 11 is 1.66. The number of thioether (sulfide) groups is 1. The van der Waals surface area contributed by atoms with Gasteiger partial charge in [0, 0.05) is 16.5 Å². The monoisotopic (exact) mass is 426 g/mol. The Balaban J connectivity index is 1.82. The van der Waals surface area contributed by atoms with Crippen LogP contribution in [0.1, 0.15) is 36.5 Å². The van der Waals surface area contributed by atoms with Crippen molar-refractivity contribution in [3.05, 3.63) is 59.9 Å². The van der Waals surface area contributed by atoms with Crippen LogP contribution in [0.2, 0.25) is 0 Å². The molecule has 3 rings (SSSR count). The molecule has 0 bridgehead atoms. The standard InChI is InChI=1S/C22H26N4O3S/c1-5-15(2)30-22-25-24-20(26(22)17-8-12-19(29-4)13-9-17)14-23-21(27)16-6-10-18(28-3)11-7-16/h6-13,15H,5,14H2,1-4H3,(H,23,27). The van der Waals surface area contributed by atoms with Gasteiger partial charge in [0.15, 0.2) is 11.0 Å². The lowest BCUT2D eigenvalue weighted by Crippen LogP contribution is -2.24. The Morgan fingerprint density at radius 2 is 1.63 bits per heavy atom. The molecule has 1 amide bonds. The smallest absolute Gasteiger partial charge is 0.251 e. The van der Waals surface area contributed by atoms with E-state index in [2.05, 4.69) is 29.4 Å². The molecule has 1 aromatic heterocycles. The maximum Gasteiger partial charge on any atom is 0.251 e. The highest BCUT2D eigenvalue weighted by atomic mass is 32.2. The molecule has 0 fully saturated rings. The van der Waals surface area contributed by atoms with Gasteiger partial charge in [-0.1, -0.05) is 25.6 Å². The Bertz CT molecular complexity index is 971. The van der Waals surface area contributed by atoms with E-state index in [0.29, 0.717) is 22.4 Å². The van der Waals surface area contributed by atoms with Gasteiger partial charge in [-0.3, -0.25) is 9.36 Å². The zero-order valence-electron chi connectivity index (χ0n) is 17.6. The lowest BCUT2D eigenvalue weighted by Gasteiger charge is -2.13. The van der Waals surface area contributed by atoms with Crippen LogP contribution in [0.5, 0.6) is 11.5 Å². The third-order valence-electron chi connectivity index (χ3n) is 4.67. The molecule has 1 N–H and O–H groups in total. The van der Waals surface area contributed by atoms with Crippen molar-refractivity contribution >= 4 is 17.7 Å². The van der Waals surface area contributed by atoms with Gasteiger partial charge in [-0.2, -0.15) is 0 Å². The molecular weight excluding hydrogens is 400 g/mol. The zero-order chi connectivity index (χ0) is 21.5. The minimum absolute atomic E-state index is 0.182. The highest BCUT2D eigenvalue weighted by Gasteiger charge is 2.17. The number of benzene rings is 2. The number of rotatable bonds is 9. The number of carbonyl (C=O) groups excluding carboxylic acids is 1. The van der Waals surface area contributed by atoms with Crippen molar-refractivity contribution in [2.45, 2.75) is 37.2 Å². The number of methoxy groups -OCH3 is 2. The molecule has 1 atom stereocenters. The molecule has 0 saturated heterocycles. The summed E-state index contributed by atoms with van der Waals surface area (Å²) in [5, 5.41) is 12.8. The van der Waals surface area contributed by atoms with Crippen molar-refractivity contribution in [1.29, 1.82) is 0 Å². The van der Waals surface area contributed by atoms with E-state index in [9.17, 15) is 4.79 Å². The van der Waals surface area contributed by atoms with Gasteiger partial charge in [0.1, 0.15) is 11.5 Å². The number of amides is 1. The summed E-state index contributed by atoms with van der Waals surface area (Å²) < 4.78 is 12.4. The number of carbonyl (C=O) groups is 1. The van der Waals surface area contributed by atoms with Crippen molar-refractivity contribution in [3.8, 4) is 17.2 Å². The van der Waals surface area contributed by atoms with Crippen molar-refractivity contribution in [3.63, 3.8) is 0 Å². The Morgan fingerprint density at radius 1 is 1.03 bits per heavy atom. The quantitative estimate of drug-likeness (QED) is 0.519. The Labute approximate surface area is 180 Å². The fraction of sp³-hybridized carbons (Fsp3) is 0.318. The predicted octanol–water partition coefficient (Wildman–Crippen LogP) is 4.11. The van der Waals surface area contributed by atoms with E-state index in [4.69, 9.17) is 9.47 Å². The summed E-state index contributed by atoms with van der Waals surface area (Å²) in [6, 6.07) is 14.7. The fourth-order valence-corrected chi connectivity index (χ4v) is 3.68. The second-order valence-corrected chi connectivity index (χ2v) is 8.09. The molecule has 8 heteroatoms. The second-order valence-electron chi connectivity index (χ2n) is 6.68. The molecule has 7 nitrogen and oxygen atoms in total. The molecular formula is C22H26N4O3S. The Morgan fingerprint density at radius 3 is 2.20 bits per heavy atom. The van der Waals surface area contributed by atoms with E-state index < -0.39 is 0 Å². The molecule has 0 saturated carbocycles. The first-order chi connectivity index (χ1) is 14.5. The Hall–Kier alpha value is -3.00. The maximum absolute atomic E-state index is 12.5. The highest BCUT2D eigenvalue weighted by Crippen LogP contribution is 2.28. The zero-order valence-corrected chi connectivity index (χ0v) is 18.4. The molecule has 2 aromatic carbocycles. The van der Waals surface area contributed by atoms with Gasteiger partial charge in [-0.15, -0.1) is 10.2 Å². The molecule has 1 heterocycles. The number of hydrogen-bond donors (Lipinski definition) is 1. The van der Waals surface area contributed by atoms with Gasteiger partial charge < -0.3 is 14.8 Å². The number of ether oxygens (including phenoxy) is 2. The first-order valence-electron chi connectivity index (χ1n) is 9.73. The van der Waals surface area contributed by atoms with Crippen LogP contribution >= 0.6 is 11.8 Å². The van der Waals surface area contributed by atoms with Gasteiger partial charge in [0.25, 0.3) is 5.91 Å². The molecule has 0 aliphatic carbocycles. The highest BCUT2D eigenvalue weighted by molar-refractivity contribution is 7.99. The number of nitrogens with zero attached hydrogens (tertiary/aromatic N) is 3. The van der Waals surface area contributed by atoms with E-state index >= 15 is 0 Å². The van der Waals surface area contributed by atoms with E-state index in [1.165, 1.54) is 0 Å². The molecule has 0 aliphatic heterocycles. The normalized spacial score (nSPS) is 11.7. The third kappa shape index (κ3) is 5.13. The number of nitrogens with one attached hydrogen (secondary N) is 1. The van der Waals surface area contributed by atoms with Gasteiger partial charge in [0.2, 0.25) is 0 Å². The Kier molecular flexibility index (Phi) is 7.35. The summed E-state index contributed by atoms with van der Waals surface area (Å²) in [7, 11) is 3.23. The summed E-state index contributed by atoms with van der Waals surface area (Å²) in [5.74, 6) is 1.96. The minimum Gasteiger partial charge on any atom is -0.497 e. The van der Waals surface area contributed by atoms with Gasteiger partial charge in [0.05, 0.1) is 20.8 Å². The summed E-state index contributed by atoms with van der Waals surface area (Å²) in [4.78, 5) is 12.5. The molecule has 158 valence electrons. The van der Waals surface area contributed by atoms with Gasteiger partial charge in [-0.05, 0) is 55.0 Å². The second kappa shape index (κ2) is 10.2. The lowest BCUT2D eigenvalue weighted by molar-refractivity contribution is 0.0949. The summed E-state index contributed by atoms with van der Waals surface area (Å²) in [6.07, 6.45) is 1.02. The van der Waals surface area contributed by atoms with Crippen LogP contribution < -0.4 is 14.8 Å². The molecule has 1 unspecified atom stereocenters. The van der Waals surface area contributed by atoms with Crippen molar-refractivity contribution in [2.75, 3.05) is 14.2 Å². The topological polar surface area (TPSA) is 78.3 Å². The third-order valence-corrected chi connectivity index (χ3v) is 5.88. The molecule has 0 spiro atoms. The number of aromatic nitrogens is 3. The molecule has 3 aromatic rings. The van der Waals surface area contributed by atoms with Crippen LogP contribution in [0.3, 0.4) is 0 Å². The van der Waals surface area contributed by atoms with E-state index in [-0.39, 0.29) is 12.5 Å². The average Bonchev–Trinajstić information content (AvgIpc) is 3.19. The SMILES string of the molecule is CCC(C)Sc1nnc(CNC(=O)c2ccc(OC)cc2)n1-c1ccc(OC)cc1. The summed E-state index contributed by atoms with van der Waals surface area (Å²) in [6.45, 7) is 4.55.